The second-order valence-corrected chi connectivity index (χ2v) is 7.78. The van der Waals surface area contributed by atoms with Gasteiger partial charge >= 0.3 is 17.9 Å². The Labute approximate surface area is 161 Å². The molecule has 0 heterocycles. The zero-order valence-electron chi connectivity index (χ0n) is 17.0. The molecule has 0 spiro atoms. The van der Waals surface area contributed by atoms with E-state index in [1.54, 1.807) is 0 Å². The molecule has 0 fully saturated rings. The van der Waals surface area contributed by atoms with Crippen LogP contribution < -0.4 is 0 Å². The number of hydrogen-bond donors (Lipinski definition) is 0. The summed E-state index contributed by atoms with van der Waals surface area (Å²) >= 11 is 0. The second kappa shape index (κ2) is 10.7. The number of ether oxygens (including phenoxy) is 3. The van der Waals surface area contributed by atoms with E-state index in [0.717, 1.165) is 0 Å². The number of rotatable bonds is 9. The van der Waals surface area contributed by atoms with Crippen LogP contribution in [0.2, 0.25) is 0 Å². The van der Waals surface area contributed by atoms with Crippen molar-refractivity contribution in [2.45, 2.75) is 41.5 Å². The summed E-state index contributed by atoms with van der Waals surface area (Å²) in [5, 5.41) is 0. The highest BCUT2D eigenvalue weighted by molar-refractivity contribution is 6.00. The highest BCUT2D eigenvalue weighted by Crippen LogP contribution is 2.16. The SMILES string of the molecule is CC(C)COC(=O)c1cc(C(=O)OCC(C)C)cc(C(=O)OCC(C)C)c1. The molecule has 1 rings (SSSR count). The van der Waals surface area contributed by atoms with Gasteiger partial charge in [-0.2, -0.15) is 0 Å². The maximum atomic E-state index is 12.3. The third-order valence-corrected chi connectivity index (χ3v) is 3.28. The first-order valence-electron chi connectivity index (χ1n) is 9.26. The Bertz CT molecular complexity index is 558. The van der Waals surface area contributed by atoms with Crippen molar-refractivity contribution in [1.29, 1.82) is 0 Å². The van der Waals surface area contributed by atoms with Gasteiger partial charge in [-0.25, -0.2) is 14.4 Å². The normalized spacial score (nSPS) is 11.0. The van der Waals surface area contributed by atoms with Crippen LogP contribution in [0.3, 0.4) is 0 Å². The topological polar surface area (TPSA) is 78.9 Å². The first-order valence-corrected chi connectivity index (χ1v) is 9.26. The van der Waals surface area contributed by atoms with Crippen LogP contribution >= 0.6 is 0 Å². The van der Waals surface area contributed by atoms with Crippen molar-refractivity contribution in [2.24, 2.45) is 17.8 Å². The van der Waals surface area contributed by atoms with Gasteiger partial charge in [-0.05, 0) is 36.0 Å². The summed E-state index contributed by atoms with van der Waals surface area (Å²) in [5.41, 5.74) is 0.350. The van der Waals surface area contributed by atoms with Crippen molar-refractivity contribution < 1.29 is 28.6 Å². The quantitative estimate of drug-likeness (QED) is 0.475. The summed E-state index contributed by atoms with van der Waals surface area (Å²) in [7, 11) is 0. The third-order valence-electron chi connectivity index (χ3n) is 3.28. The van der Waals surface area contributed by atoms with E-state index in [9.17, 15) is 14.4 Å². The van der Waals surface area contributed by atoms with E-state index < -0.39 is 17.9 Å². The molecular weight excluding hydrogens is 348 g/mol. The van der Waals surface area contributed by atoms with Crippen molar-refractivity contribution in [1.82, 2.24) is 0 Å². The third kappa shape index (κ3) is 8.24. The predicted octanol–water partition coefficient (Wildman–Crippen LogP) is 4.13. The number of benzene rings is 1. The van der Waals surface area contributed by atoms with Crippen molar-refractivity contribution in [2.75, 3.05) is 19.8 Å². The summed E-state index contributed by atoms with van der Waals surface area (Å²) in [6, 6.07) is 4.14. The molecule has 0 aliphatic heterocycles. The van der Waals surface area contributed by atoms with Gasteiger partial charge in [0.2, 0.25) is 0 Å². The van der Waals surface area contributed by atoms with Crippen LogP contribution in [0.5, 0.6) is 0 Å². The van der Waals surface area contributed by atoms with E-state index in [1.807, 2.05) is 41.5 Å². The number of carbonyl (C=O) groups excluding carboxylic acids is 3. The molecule has 0 aliphatic carbocycles. The van der Waals surface area contributed by atoms with Gasteiger partial charge in [0.15, 0.2) is 0 Å². The molecule has 27 heavy (non-hydrogen) atoms. The first-order chi connectivity index (χ1) is 12.6. The predicted molar refractivity (Wildman–Crippen MR) is 102 cm³/mol. The molecule has 1 aromatic rings. The molecule has 0 radical (unpaired) electrons. The van der Waals surface area contributed by atoms with Crippen molar-refractivity contribution >= 4 is 17.9 Å². The first kappa shape index (κ1) is 22.7. The number of carbonyl (C=O) groups is 3. The zero-order valence-corrected chi connectivity index (χ0v) is 17.0. The van der Waals surface area contributed by atoms with Crippen LogP contribution in [-0.4, -0.2) is 37.7 Å². The van der Waals surface area contributed by atoms with Crippen LogP contribution in [0.25, 0.3) is 0 Å². The van der Waals surface area contributed by atoms with E-state index in [-0.39, 0.29) is 54.3 Å². The van der Waals surface area contributed by atoms with Gasteiger partial charge in [-0.1, -0.05) is 41.5 Å². The molecule has 0 N–H and O–H groups in total. The van der Waals surface area contributed by atoms with Crippen LogP contribution in [0, 0.1) is 17.8 Å². The van der Waals surface area contributed by atoms with Crippen LogP contribution in [0.15, 0.2) is 18.2 Å². The minimum absolute atomic E-state index is 0.117. The van der Waals surface area contributed by atoms with E-state index in [0.29, 0.717) is 0 Å². The molecule has 0 aliphatic rings. The molecule has 0 aromatic heterocycles. The average molecular weight is 378 g/mol. The van der Waals surface area contributed by atoms with Crippen molar-refractivity contribution in [3.05, 3.63) is 34.9 Å². The minimum atomic E-state index is -0.597. The Morgan fingerprint density at radius 1 is 0.593 bits per heavy atom. The molecule has 0 bridgehead atoms. The Hall–Kier alpha value is -2.37. The van der Waals surface area contributed by atoms with E-state index >= 15 is 0 Å². The van der Waals surface area contributed by atoms with Crippen molar-refractivity contribution in [3.63, 3.8) is 0 Å². The maximum absolute atomic E-state index is 12.3. The largest absolute Gasteiger partial charge is 0.462 e. The number of esters is 3. The lowest BCUT2D eigenvalue weighted by Crippen LogP contribution is -2.16. The average Bonchev–Trinajstić information content (AvgIpc) is 2.61. The molecule has 0 atom stereocenters. The fraction of sp³-hybridized carbons (Fsp3) is 0.571. The van der Waals surface area contributed by atoms with Crippen LogP contribution in [-0.2, 0) is 14.2 Å². The molecule has 0 saturated carbocycles. The fourth-order valence-electron chi connectivity index (χ4n) is 1.96. The monoisotopic (exact) mass is 378 g/mol. The summed E-state index contributed by atoms with van der Waals surface area (Å²) in [6.07, 6.45) is 0. The minimum Gasteiger partial charge on any atom is -0.462 e. The maximum Gasteiger partial charge on any atom is 0.338 e. The Morgan fingerprint density at radius 3 is 1.00 bits per heavy atom. The van der Waals surface area contributed by atoms with E-state index in [4.69, 9.17) is 14.2 Å². The second-order valence-electron chi connectivity index (χ2n) is 7.78. The lowest BCUT2D eigenvalue weighted by Gasteiger charge is -2.12. The highest BCUT2D eigenvalue weighted by atomic mass is 16.5. The standard InChI is InChI=1S/C21H30O6/c1-13(2)10-25-19(22)16-7-17(20(23)26-11-14(3)4)9-18(8-16)21(24)27-12-15(5)6/h7-9,13-15H,10-12H2,1-6H3. The Morgan fingerprint density at radius 2 is 0.815 bits per heavy atom. The van der Waals surface area contributed by atoms with Crippen LogP contribution in [0.1, 0.15) is 72.6 Å². The van der Waals surface area contributed by atoms with Gasteiger partial charge in [0.25, 0.3) is 0 Å². The van der Waals surface area contributed by atoms with Gasteiger partial charge in [-0.15, -0.1) is 0 Å². The molecule has 6 nitrogen and oxygen atoms in total. The summed E-state index contributed by atoms with van der Waals surface area (Å²) in [6.45, 7) is 12.2. The summed E-state index contributed by atoms with van der Waals surface area (Å²) < 4.78 is 15.6. The fourth-order valence-corrected chi connectivity index (χ4v) is 1.96. The molecule has 6 heteroatoms. The summed E-state index contributed by atoms with van der Waals surface area (Å²) in [5.74, 6) is -1.28. The van der Waals surface area contributed by atoms with Gasteiger partial charge in [0, 0.05) is 0 Å². The van der Waals surface area contributed by atoms with E-state index in [2.05, 4.69) is 0 Å². The lowest BCUT2D eigenvalue weighted by molar-refractivity contribution is 0.0454. The Balaban J connectivity index is 3.11. The van der Waals surface area contributed by atoms with E-state index in [1.165, 1.54) is 18.2 Å². The summed E-state index contributed by atoms with van der Waals surface area (Å²) in [4.78, 5) is 36.9. The Kier molecular flexibility index (Phi) is 8.98. The molecule has 150 valence electrons. The van der Waals surface area contributed by atoms with Gasteiger partial charge < -0.3 is 14.2 Å². The van der Waals surface area contributed by atoms with Crippen molar-refractivity contribution in [3.8, 4) is 0 Å². The smallest absolute Gasteiger partial charge is 0.338 e. The van der Waals surface area contributed by atoms with Gasteiger partial charge in [0.05, 0.1) is 36.5 Å². The lowest BCUT2D eigenvalue weighted by atomic mass is 10.1. The highest BCUT2D eigenvalue weighted by Gasteiger charge is 2.19. The van der Waals surface area contributed by atoms with Gasteiger partial charge in [-0.3, -0.25) is 0 Å². The zero-order chi connectivity index (χ0) is 20.6. The molecular formula is C21H30O6. The molecule has 0 saturated heterocycles. The van der Waals surface area contributed by atoms with Crippen LogP contribution in [0.4, 0.5) is 0 Å². The molecule has 0 amide bonds. The number of hydrogen-bond acceptors (Lipinski definition) is 6. The molecule has 0 unspecified atom stereocenters. The van der Waals surface area contributed by atoms with Gasteiger partial charge in [0.1, 0.15) is 0 Å². The molecule has 1 aromatic carbocycles.